The van der Waals surface area contributed by atoms with E-state index in [-0.39, 0.29) is 0 Å². The van der Waals surface area contributed by atoms with Crippen LogP contribution in [-0.4, -0.2) is 22.1 Å². The number of methoxy groups -OCH3 is 1. The van der Waals surface area contributed by atoms with Crippen molar-refractivity contribution in [3.05, 3.63) is 41.5 Å². The standard InChI is InChI=1S/C15H20N4O/c1-10(2)15-18-11(3)7-13(19-15)17-9-12-5-6-16-14(8-12)20-4/h5-8,10H,9H2,1-4H3,(H,17,18,19). The van der Waals surface area contributed by atoms with Gasteiger partial charge in [-0.2, -0.15) is 0 Å². The molecule has 0 aliphatic carbocycles. The highest BCUT2D eigenvalue weighted by Gasteiger charge is 2.06. The molecule has 106 valence electrons. The Morgan fingerprint density at radius 3 is 2.75 bits per heavy atom. The first kappa shape index (κ1) is 14.2. The predicted octanol–water partition coefficient (Wildman–Crippen LogP) is 2.92. The molecule has 0 aliphatic rings. The van der Waals surface area contributed by atoms with Crippen molar-refractivity contribution in [1.29, 1.82) is 0 Å². The summed E-state index contributed by atoms with van der Waals surface area (Å²) in [5.41, 5.74) is 2.07. The Morgan fingerprint density at radius 1 is 1.25 bits per heavy atom. The maximum absolute atomic E-state index is 5.11. The molecular formula is C15H20N4O. The first-order chi connectivity index (χ1) is 9.58. The molecule has 5 heteroatoms. The van der Waals surface area contributed by atoms with Crippen LogP contribution in [0.1, 0.15) is 36.8 Å². The Hall–Kier alpha value is -2.17. The Kier molecular flexibility index (Phi) is 4.50. The number of ether oxygens (including phenoxy) is 1. The van der Waals surface area contributed by atoms with E-state index in [1.165, 1.54) is 0 Å². The number of rotatable bonds is 5. The van der Waals surface area contributed by atoms with Gasteiger partial charge in [0.1, 0.15) is 11.6 Å². The van der Waals surface area contributed by atoms with E-state index in [4.69, 9.17) is 4.74 Å². The van der Waals surface area contributed by atoms with Crippen LogP contribution in [0.4, 0.5) is 5.82 Å². The van der Waals surface area contributed by atoms with Crippen LogP contribution >= 0.6 is 0 Å². The second-order valence-electron chi connectivity index (χ2n) is 4.97. The zero-order valence-corrected chi connectivity index (χ0v) is 12.3. The summed E-state index contributed by atoms with van der Waals surface area (Å²) in [6.07, 6.45) is 1.74. The van der Waals surface area contributed by atoms with Crippen molar-refractivity contribution in [3.63, 3.8) is 0 Å². The summed E-state index contributed by atoms with van der Waals surface area (Å²) in [7, 11) is 1.61. The summed E-state index contributed by atoms with van der Waals surface area (Å²) in [6.45, 7) is 6.83. The summed E-state index contributed by atoms with van der Waals surface area (Å²) >= 11 is 0. The van der Waals surface area contributed by atoms with E-state index in [0.29, 0.717) is 18.3 Å². The summed E-state index contributed by atoms with van der Waals surface area (Å²) in [5.74, 6) is 2.64. The molecule has 0 saturated heterocycles. The molecule has 0 aromatic carbocycles. The van der Waals surface area contributed by atoms with Crippen molar-refractivity contribution in [1.82, 2.24) is 15.0 Å². The van der Waals surface area contributed by atoms with E-state index in [2.05, 4.69) is 34.1 Å². The number of hydrogen-bond acceptors (Lipinski definition) is 5. The molecule has 1 N–H and O–H groups in total. The van der Waals surface area contributed by atoms with Gasteiger partial charge in [-0.3, -0.25) is 0 Å². The third-order valence-corrected chi connectivity index (χ3v) is 2.87. The molecule has 0 radical (unpaired) electrons. The molecule has 0 spiro atoms. The zero-order chi connectivity index (χ0) is 14.5. The van der Waals surface area contributed by atoms with Crippen molar-refractivity contribution in [2.75, 3.05) is 12.4 Å². The number of pyridine rings is 1. The molecule has 0 bridgehead atoms. The molecule has 2 rings (SSSR count). The highest BCUT2D eigenvalue weighted by Crippen LogP contribution is 2.15. The number of nitrogens with one attached hydrogen (secondary N) is 1. The Bertz CT molecular complexity index is 584. The van der Waals surface area contributed by atoms with Gasteiger partial charge >= 0.3 is 0 Å². The van der Waals surface area contributed by atoms with E-state index in [0.717, 1.165) is 22.9 Å². The summed E-state index contributed by atoms with van der Waals surface area (Å²) in [5, 5.41) is 3.31. The van der Waals surface area contributed by atoms with Crippen molar-refractivity contribution < 1.29 is 4.74 Å². The van der Waals surface area contributed by atoms with Gasteiger partial charge in [0.15, 0.2) is 0 Å². The summed E-state index contributed by atoms with van der Waals surface area (Å²) in [4.78, 5) is 13.0. The average molecular weight is 272 g/mol. The lowest BCUT2D eigenvalue weighted by Crippen LogP contribution is -2.06. The average Bonchev–Trinajstić information content (AvgIpc) is 2.44. The monoisotopic (exact) mass is 272 g/mol. The van der Waals surface area contributed by atoms with E-state index in [1.54, 1.807) is 13.3 Å². The van der Waals surface area contributed by atoms with E-state index in [9.17, 15) is 0 Å². The topological polar surface area (TPSA) is 59.9 Å². The lowest BCUT2D eigenvalue weighted by Gasteiger charge is -2.10. The quantitative estimate of drug-likeness (QED) is 0.906. The van der Waals surface area contributed by atoms with Crippen LogP contribution in [0, 0.1) is 6.92 Å². The highest BCUT2D eigenvalue weighted by atomic mass is 16.5. The fourth-order valence-corrected chi connectivity index (χ4v) is 1.80. The van der Waals surface area contributed by atoms with Gasteiger partial charge in [0.05, 0.1) is 7.11 Å². The first-order valence-electron chi connectivity index (χ1n) is 6.67. The molecule has 2 aromatic rings. The summed E-state index contributed by atoms with van der Waals surface area (Å²) < 4.78 is 5.11. The molecule has 0 amide bonds. The van der Waals surface area contributed by atoms with Gasteiger partial charge in [0, 0.05) is 36.5 Å². The molecular weight excluding hydrogens is 252 g/mol. The molecule has 0 aliphatic heterocycles. The Morgan fingerprint density at radius 2 is 2.05 bits per heavy atom. The SMILES string of the molecule is COc1cc(CNc2cc(C)nc(C(C)C)n2)ccn1. The second kappa shape index (κ2) is 6.32. The first-order valence-corrected chi connectivity index (χ1v) is 6.67. The normalized spacial score (nSPS) is 10.7. The van der Waals surface area contributed by atoms with E-state index in [1.807, 2.05) is 25.1 Å². The van der Waals surface area contributed by atoms with Gasteiger partial charge in [-0.25, -0.2) is 15.0 Å². The fraction of sp³-hybridized carbons (Fsp3) is 0.400. The predicted molar refractivity (Wildman–Crippen MR) is 79.0 cm³/mol. The number of aryl methyl sites for hydroxylation is 1. The van der Waals surface area contributed by atoms with Crippen LogP contribution in [0.15, 0.2) is 24.4 Å². The van der Waals surface area contributed by atoms with Gasteiger partial charge in [0.2, 0.25) is 5.88 Å². The van der Waals surface area contributed by atoms with Gasteiger partial charge in [-0.05, 0) is 18.6 Å². The van der Waals surface area contributed by atoms with E-state index < -0.39 is 0 Å². The third kappa shape index (κ3) is 3.66. The van der Waals surface area contributed by atoms with E-state index >= 15 is 0 Å². The van der Waals surface area contributed by atoms with Gasteiger partial charge in [0.25, 0.3) is 0 Å². The smallest absolute Gasteiger partial charge is 0.213 e. The second-order valence-corrected chi connectivity index (χ2v) is 4.97. The number of hydrogen-bond donors (Lipinski definition) is 1. The van der Waals surface area contributed by atoms with Crippen molar-refractivity contribution >= 4 is 5.82 Å². The molecule has 0 unspecified atom stereocenters. The van der Waals surface area contributed by atoms with Crippen LogP contribution in [0.2, 0.25) is 0 Å². The minimum absolute atomic E-state index is 0.316. The maximum atomic E-state index is 5.11. The van der Waals surface area contributed by atoms with Gasteiger partial charge in [-0.1, -0.05) is 13.8 Å². The molecule has 20 heavy (non-hydrogen) atoms. The Labute approximate surface area is 119 Å². The summed E-state index contributed by atoms with van der Waals surface area (Å²) in [6, 6.07) is 5.81. The van der Waals surface area contributed by atoms with Crippen LogP contribution in [0.25, 0.3) is 0 Å². The van der Waals surface area contributed by atoms with Crippen LogP contribution < -0.4 is 10.1 Å². The van der Waals surface area contributed by atoms with Gasteiger partial charge < -0.3 is 10.1 Å². The lowest BCUT2D eigenvalue weighted by molar-refractivity contribution is 0.397. The van der Waals surface area contributed by atoms with Crippen LogP contribution in [0.5, 0.6) is 5.88 Å². The Balaban J connectivity index is 2.10. The number of anilines is 1. The fourth-order valence-electron chi connectivity index (χ4n) is 1.80. The largest absolute Gasteiger partial charge is 0.481 e. The molecule has 2 aromatic heterocycles. The molecule has 0 saturated carbocycles. The lowest BCUT2D eigenvalue weighted by atomic mass is 10.2. The molecule has 5 nitrogen and oxygen atoms in total. The minimum Gasteiger partial charge on any atom is -0.481 e. The number of aromatic nitrogens is 3. The van der Waals surface area contributed by atoms with Crippen LogP contribution in [-0.2, 0) is 6.54 Å². The molecule has 2 heterocycles. The molecule has 0 fully saturated rings. The van der Waals surface area contributed by atoms with Crippen LogP contribution in [0.3, 0.4) is 0 Å². The van der Waals surface area contributed by atoms with Crippen molar-refractivity contribution in [2.24, 2.45) is 0 Å². The minimum atomic E-state index is 0.316. The zero-order valence-electron chi connectivity index (χ0n) is 12.3. The highest BCUT2D eigenvalue weighted by molar-refractivity contribution is 5.37. The number of nitrogens with zero attached hydrogens (tertiary/aromatic N) is 3. The van der Waals surface area contributed by atoms with Gasteiger partial charge in [-0.15, -0.1) is 0 Å². The maximum Gasteiger partial charge on any atom is 0.213 e. The van der Waals surface area contributed by atoms with Crippen molar-refractivity contribution in [2.45, 2.75) is 33.2 Å². The third-order valence-electron chi connectivity index (χ3n) is 2.87. The molecule has 0 atom stereocenters. The van der Waals surface area contributed by atoms with Crippen molar-refractivity contribution in [3.8, 4) is 5.88 Å².